The summed E-state index contributed by atoms with van der Waals surface area (Å²) < 4.78 is 0. The van der Waals surface area contributed by atoms with E-state index in [4.69, 9.17) is 5.73 Å². The molecule has 76 valence electrons. The lowest BCUT2D eigenvalue weighted by Crippen LogP contribution is -1.93. The minimum absolute atomic E-state index is 0.541. The van der Waals surface area contributed by atoms with Gasteiger partial charge >= 0.3 is 0 Å². The second-order valence-electron chi connectivity index (χ2n) is 3.63. The Kier molecular flexibility index (Phi) is 4.08. The second-order valence-corrected chi connectivity index (χ2v) is 3.99. The lowest BCUT2D eigenvalue weighted by molar-refractivity contribution is 0.866. The number of nitrogens with two attached hydrogens (primary N) is 1. The van der Waals surface area contributed by atoms with Gasteiger partial charge in [-0.2, -0.15) is 12.6 Å². The van der Waals surface area contributed by atoms with Gasteiger partial charge in [0.25, 0.3) is 0 Å². The number of thiol groups is 1. The van der Waals surface area contributed by atoms with Crippen LogP contribution >= 0.6 is 12.6 Å². The number of benzene rings is 1. The molecule has 1 aromatic carbocycles. The van der Waals surface area contributed by atoms with E-state index in [9.17, 15) is 0 Å². The van der Waals surface area contributed by atoms with Crippen molar-refractivity contribution in [1.29, 1.82) is 0 Å². The number of anilines is 1. The van der Waals surface area contributed by atoms with E-state index in [0.717, 1.165) is 17.0 Å². The minimum atomic E-state index is 0.541. The van der Waals surface area contributed by atoms with E-state index in [0.29, 0.717) is 5.92 Å². The summed E-state index contributed by atoms with van der Waals surface area (Å²) >= 11 is 4.12. The Morgan fingerprint density at radius 1 is 1.43 bits per heavy atom. The maximum Gasteiger partial charge on any atom is 0.0387 e. The third kappa shape index (κ3) is 2.81. The summed E-state index contributed by atoms with van der Waals surface area (Å²) in [7, 11) is 0. The molecule has 0 saturated heterocycles. The van der Waals surface area contributed by atoms with Gasteiger partial charge in [0.15, 0.2) is 0 Å². The summed E-state index contributed by atoms with van der Waals surface area (Å²) in [6, 6.07) is 6.19. The van der Waals surface area contributed by atoms with Gasteiger partial charge in [0.2, 0.25) is 0 Å². The van der Waals surface area contributed by atoms with Gasteiger partial charge in [-0.05, 0) is 29.2 Å². The lowest BCUT2D eigenvalue weighted by atomic mass is 10.00. The average Bonchev–Trinajstić information content (AvgIpc) is 2.16. The van der Waals surface area contributed by atoms with Crippen LogP contribution in [0.1, 0.15) is 30.9 Å². The first kappa shape index (κ1) is 11.2. The maximum atomic E-state index is 5.85. The summed E-state index contributed by atoms with van der Waals surface area (Å²) in [5.74, 6) is 1.28. The largest absolute Gasteiger partial charge is 0.398 e. The van der Waals surface area contributed by atoms with Crippen molar-refractivity contribution >= 4 is 24.4 Å². The average molecular weight is 207 g/mol. The van der Waals surface area contributed by atoms with Crippen LogP contribution in [-0.2, 0) is 0 Å². The Morgan fingerprint density at radius 2 is 2.14 bits per heavy atom. The fraction of sp³-hybridized carbons (Fsp3) is 0.333. The molecule has 0 aliphatic heterocycles. The summed E-state index contributed by atoms with van der Waals surface area (Å²) in [6.07, 6.45) is 4.02. The molecule has 0 aliphatic rings. The zero-order valence-corrected chi connectivity index (χ0v) is 9.59. The van der Waals surface area contributed by atoms with Crippen LogP contribution in [0.25, 0.3) is 6.08 Å². The maximum absolute atomic E-state index is 5.85. The van der Waals surface area contributed by atoms with E-state index in [-0.39, 0.29) is 0 Å². The minimum Gasteiger partial charge on any atom is -0.398 e. The Bertz CT molecular complexity index is 329. The SMILES string of the molecule is CC(C)c1ccc(N)c(C=CCS)c1. The van der Waals surface area contributed by atoms with Gasteiger partial charge in [-0.15, -0.1) is 0 Å². The van der Waals surface area contributed by atoms with Gasteiger partial charge in [0, 0.05) is 11.4 Å². The van der Waals surface area contributed by atoms with Crippen molar-refractivity contribution in [2.45, 2.75) is 19.8 Å². The van der Waals surface area contributed by atoms with E-state index in [1.54, 1.807) is 0 Å². The van der Waals surface area contributed by atoms with Gasteiger partial charge in [0.05, 0.1) is 0 Å². The van der Waals surface area contributed by atoms with E-state index in [1.807, 2.05) is 18.2 Å². The zero-order valence-electron chi connectivity index (χ0n) is 8.70. The number of hydrogen-bond acceptors (Lipinski definition) is 2. The summed E-state index contributed by atoms with van der Waals surface area (Å²) in [6.45, 7) is 4.36. The highest BCUT2D eigenvalue weighted by Gasteiger charge is 2.01. The molecule has 0 bridgehead atoms. The van der Waals surface area contributed by atoms with Gasteiger partial charge < -0.3 is 5.73 Å². The van der Waals surface area contributed by atoms with E-state index < -0.39 is 0 Å². The third-order valence-electron chi connectivity index (χ3n) is 2.18. The summed E-state index contributed by atoms with van der Waals surface area (Å²) in [4.78, 5) is 0. The third-order valence-corrected chi connectivity index (χ3v) is 2.39. The first-order valence-electron chi connectivity index (χ1n) is 4.82. The molecule has 0 aromatic heterocycles. The number of rotatable bonds is 3. The molecule has 0 atom stereocenters. The molecule has 1 rings (SSSR count). The van der Waals surface area contributed by atoms with E-state index in [1.165, 1.54) is 5.56 Å². The van der Waals surface area contributed by atoms with Crippen LogP contribution in [0.5, 0.6) is 0 Å². The van der Waals surface area contributed by atoms with Crippen molar-refractivity contribution < 1.29 is 0 Å². The molecule has 1 nitrogen and oxygen atoms in total. The molecule has 0 spiro atoms. The molecule has 14 heavy (non-hydrogen) atoms. The quantitative estimate of drug-likeness (QED) is 0.577. The van der Waals surface area contributed by atoms with E-state index in [2.05, 4.69) is 38.6 Å². The molecule has 0 radical (unpaired) electrons. The molecule has 0 amide bonds. The van der Waals surface area contributed by atoms with Crippen LogP contribution in [0.2, 0.25) is 0 Å². The Labute approximate surface area is 91.4 Å². The molecule has 0 fully saturated rings. The van der Waals surface area contributed by atoms with Crippen molar-refractivity contribution in [3.8, 4) is 0 Å². The van der Waals surface area contributed by atoms with Crippen molar-refractivity contribution in [3.05, 3.63) is 35.4 Å². The normalized spacial score (nSPS) is 11.4. The topological polar surface area (TPSA) is 26.0 Å². The smallest absolute Gasteiger partial charge is 0.0387 e. The second kappa shape index (κ2) is 5.11. The predicted molar refractivity (Wildman–Crippen MR) is 67.8 cm³/mol. The summed E-state index contributed by atoms with van der Waals surface area (Å²) in [5, 5.41) is 0. The van der Waals surface area contributed by atoms with Crippen LogP contribution in [0.15, 0.2) is 24.3 Å². The van der Waals surface area contributed by atoms with Crippen LogP contribution in [0, 0.1) is 0 Å². The number of hydrogen-bond donors (Lipinski definition) is 2. The van der Waals surface area contributed by atoms with Gasteiger partial charge in [-0.25, -0.2) is 0 Å². The monoisotopic (exact) mass is 207 g/mol. The van der Waals surface area contributed by atoms with Crippen LogP contribution < -0.4 is 5.73 Å². The standard InChI is InChI=1S/C12H17NS/c1-9(2)10-5-6-12(13)11(8-10)4-3-7-14/h3-6,8-9,14H,7,13H2,1-2H3. The molecule has 0 unspecified atom stereocenters. The summed E-state index contributed by atoms with van der Waals surface area (Å²) in [5.41, 5.74) is 9.09. The van der Waals surface area contributed by atoms with Crippen LogP contribution in [-0.4, -0.2) is 5.75 Å². The zero-order chi connectivity index (χ0) is 10.6. The molecule has 2 heteroatoms. The van der Waals surface area contributed by atoms with Gasteiger partial charge in [-0.3, -0.25) is 0 Å². The van der Waals surface area contributed by atoms with Crippen molar-refractivity contribution in [1.82, 2.24) is 0 Å². The molecule has 0 saturated carbocycles. The fourth-order valence-corrected chi connectivity index (χ4v) is 1.38. The van der Waals surface area contributed by atoms with E-state index >= 15 is 0 Å². The predicted octanol–water partition coefficient (Wildman–Crippen LogP) is 3.34. The molecular formula is C12H17NS. The molecule has 0 aliphatic carbocycles. The lowest BCUT2D eigenvalue weighted by Gasteiger charge is -2.08. The van der Waals surface area contributed by atoms with Crippen LogP contribution in [0.4, 0.5) is 5.69 Å². The fourth-order valence-electron chi connectivity index (χ4n) is 1.28. The highest BCUT2D eigenvalue weighted by molar-refractivity contribution is 7.80. The molecule has 2 N–H and O–H groups in total. The highest BCUT2D eigenvalue weighted by Crippen LogP contribution is 2.21. The molecular weight excluding hydrogens is 190 g/mol. The van der Waals surface area contributed by atoms with Crippen molar-refractivity contribution in [3.63, 3.8) is 0 Å². The van der Waals surface area contributed by atoms with Crippen molar-refractivity contribution in [2.75, 3.05) is 11.5 Å². The first-order valence-corrected chi connectivity index (χ1v) is 5.45. The number of nitrogen functional groups attached to an aromatic ring is 1. The molecule has 0 heterocycles. The molecule has 1 aromatic rings. The van der Waals surface area contributed by atoms with Gasteiger partial charge in [0.1, 0.15) is 0 Å². The highest BCUT2D eigenvalue weighted by atomic mass is 32.1. The van der Waals surface area contributed by atoms with Crippen LogP contribution in [0.3, 0.4) is 0 Å². The van der Waals surface area contributed by atoms with Crippen molar-refractivity contribution in [2.24, 2.45) is 0 Å². The van der Waals surface area contributed by atoms with Gasteiger partial charge in [-0.1, -0.05) is 32.1 Å². The first-order chi connectivity index (χ1) is 6.65. The Hall–Kier alpha value is -0.890. The Balaban J connectivity index is 3.02. The Morgan fingerprint density at radius 3 is 2.71 bits per heavy atom.